The Morgan fingerprint density at radius 3 is 2.82 bits per heavy atom. The van der Waals surface area contributed by atoms with Gasteiger partial charge in [0.25, 0.3) is 0 Å². The highest BCUT2D eigenvalue weighted by atomic mass is 16.3. The molecule has 0 aliphatic rings. The number of hydrogen-bond donors (Lipinski definition) is 1. The van der Waals surface area contributed by atoms with Gasteiger partial charge >= 0.3 is 0 Å². The third-order valence-corrected chi connectivity index (χ3v) is 2.67. The highest BCUT2D eigenvalue weighted by Gasteiger charge is 2.13. The second-order valence-electron chi connectivity index (χ2n) is 4.01. The van der Waals surface area contributed by atoms with Crippen molar-refractivity contribution >= 4 is 16.8 Å². The number of nitrogens with two attached hydrogens (primary N) is 1. The quantitative estimate of drug-likeness (QED) is 0.647. The van der Waals surface area contributed by atoms with Crippen LogP contribution in [0.4, 0.5) is 5.69 Å². The minimum absolute atomic E-state index is 0.543. The van der Waals surface area contributed by atoms with E-state index in [0.717, 1.165) is 11.4 Å². The SMILES string of the molecule is Cc1cc(-c2nc3c(N)cccc3o2)n(C)n1. The van der Waals surface area contributed by atoms with E-state index in [2.05, 4.69) is 10.1 Å². The predicted molar refractivity (Wildman–Crippen MR) is 65.4 cm³/mol. The number of hydrogen-bond acceptors (Lipinski definition) is 4. The van der Waals surface area contributed by atoms with Crippen LogP contribution in [0, 0.1) is 6.92 Å². The number of nitrogens with zero attached hydrogens (tertiary/aromatic N) is 3. The molecule has 86 valence electrons. The average Bonchev–Trinajstić information content (AvgIpc) is 2.82. The standard InChI is InChI=1S/C12H12N4O/c1-7-6-9(16(2)15-7)12-14-11-8(13)4-3-5-10(11)17-12/h3-6H,13H2,1-2H3. The molecule has 0 spiro atoms. The zero-order valence-corrected chi connectivity index (χ0v) is 9.64. The lowest BCUT2D eigenvalue weighted by atomic mass is 10.3. The van der Waals surface area contributed by atoms with E-state index >= 15 is 0 Å². The molecule has 0 unspecified atom stereocenters. The molecule has 2 N–H and O–H groups in total. The maximum atomic E-state index is 5.85. The summed E-state index contributed by atoms with van der Waals surface area (Å²) in [5, 5.41) is 4.27. The highest BCUT2D eigenvalue weighted by molar-refractivity contribution is 5.86. The largest absolute Gasteiger partial charge is 0.435 e. The van der Waals surface area contributed by atoms with Gasteiger partial charge in [-0.05, 0) is 25.1 Å². The summed E-state index contributed by atoms with van der Waals surface area (Å²) < 4.78 is 7.42. The van der Waals surface area contributed by atoms with Crippen LogP contribution in [0.3, 0.4) is 0 Å². The summed E-state index contributed by atoms with van der Waals surface area (Å²) in [5.41, 5.74) is 9.63. The van der Waals surface area contributed by atoms with Gasteiger partial charge in [0.1, 0.15) is 11.2 Å². The maximum absolute atomic E-state index is 5.85. The third kappa shape index (κ3) is 1.47. The van der Waals surface area contributed by atoms with E-state index < -0.39 is 0 Å². The number of benzene rings is 1. The van der Waals surface area contributed by atoms with Gasteiger partial charge in [0, 0.05) is 7.05 Å². The Morgan fingerprint density at radius 1 is 1.35 bits per heavy atom. The fourth-order valence-corrected chi connectivity index (χ4v) is 1.89. The van der Waals surface area contributed by atoms with E-state index in [-0.39, 0.29) is 0 Å². The van der Waals surface area contributed by atoms with Gasteiger partial charge in [-0.15, -0.1) is 0 Å². The van der Waals surface area contributed by atoms with Crippen molar-refractivity contribution < 1.29 is 4.42 Å². The molecule has 2 heterocycles. The van der Waals surface area contributed by atoms with Crippen LogP contribution in [-0.4, -0.2) is 14.8 Å². The van der Waals surface area contributed by atoms with Crippen LogP contribution in [0.25, 0.3) is 22.7 Å². The molecule has 5 nitrogen and oxygen atoms in total. The fourth-order valence-electron chi connectivity index (χ4n) is 1.89. The molecule has 0 aliphatic heterocycles. The monoisotopic (exact) mass is 228 g/mol. The Morgan fingerprint density at radius 2 is 2.18 bits per heavy atom. The summed E-state index contributed by atoms with van der Waals surface area (Å²) >= 11 is 0. The topological polar surface area (TPSA) is 69.9 Å². The third-order valence-electron chi connectivity index (χ3n) is 2.67. The Bertz CT molecular complexity index is 696. The minimum atomic E-state index is 0.543. The molecule has 0 amide bonds. The Hall–Kier alpha value is -2.30. The van der Waals surface area contributed by atoms with Crippen LogP contribution >= 0.6 is 0 Å². The van der Waals surface area contributed by atoms with E-state index in [1.54, 1.807) is 4.68 Å². The van der Waals surface area contributed by atoms with Gasteiger partial charge in [-0.2, -0.15) is 5.10 Å². The van der Waals surface area contributed by atoms with Crippen molar-refractivity contribution in [2.24, 2.45) is 7.05 Å². The molecule has 1 aromatic carbocycles. The first-order valence-corrected chi connectivity index (χ1v) is 5.31. The van der Waals surface area contributed by atoms with Gasteiger partial charge in [-0.1, -0.05) is 6.07 Å². The molecule has 0 atom stereocenters. The molecular formula is C12H12N4O. The molecule has 3 rings (SSSR count). The highest BCUT2D eigenvalue weighted by Crippen LogP contribution is 2.27. The summed E-state index contributed by atoms with van der Waals surface area (Å²) in [6.45, 7) is 1.93. The van der Waals surface area contributed by atoms with Gasteiger partial charge in [0.2, 0.25) is 5.89 Å². The molecule has 0 radical (unpaired) electrons. The number of rotatable bonds is 1. The molecule has 0 fully saturated rings. The van der Waals surface area contributed by atoms with E-state index in [1.807, 2.05) is 38.2 Å². The van der Waals surface area contributed by atoms with Crippen LogP contribution in [0.2, 0.25) is 0 Å². The van der Waals surface area contributed by atoms with Gasteiger partial charge in [-0.25, -0.2) is 4.98 Å². The summed E-state index contributed by atoms with van der Waals surface area (Å²) in [6, 6.07) is 7.44. The summed E-state index contributed by atoms with van der Waals surface area (Å²) in [5.74, 6) is 0.543. The summed E-state index contributed by atoms with van der Waals surface area (Å²) in [6.07, 6.45) is 0. The molecule has 2 aromatic heterocycles. The average molecular weight is 228 g/mol. The van der Waals surface area contributed by atoms with E-state index in [1.165, 1.54) is 0 Å². The van der Waals surface area contributed by atoms with E-state index in [9.17, 15) is 0 Å². The van der Waals surface area contributed by atoms with Gasteiger partial charge in [0.15, 0.2) is 5.58 Å². The normalized spacial score (nSPS) is 11.2. The van der Waals surface area contributed by atoms with Gasteiger partial charge < -0.3 is 10.2 Å². The molecule has 17 heavy (non-hydrogen) atoms. The van der Waals surface area contributed by atoms with Crippen molar-refractivity contribution in [1.29, 1.82) is 0 Å². The van der Waals surface area contributed by atoms with E-state index in [4.69, 9.17) is 10.2 Å². The number of para-hydroxylation sites is 1. The zero-order chi connectivity index (χ0) is 12.0. The molecule has 0 bridgehead atoms. The second kappa shape index (κ2) is 3.35. The summed E-state index contributed by atoms with van der Waals surface area (Å²) in [4.78, 5) is 4.40. The predicted octanol–water partition coefficient (Wildman–Crippen LogP) is 2.12. The fraction of sp³-hybridized carbons (Fsp3) is 0.167. The van der Waals surface area contributed by atoms with Crippen molar-refractivity contribution in [3.05, 3.63) is 30.0 Å². The number of fused-ring (bicyclic) bond motifs is 1. The van der Waals surface area contributed by atoms with Crippen LogP contribution in [0.15, 0.2) is 28.7 Å². The molecule has 5 heteroatoms. The first kappa shape index (κ1) is 9.89. The number of aromatic nitrogens is 3. The Kier molecular flexibility index (Phi) is 1.95. The molecule has 0 saturated carbocycles. The van der Waals surface area contributed by atoms with Crippen LogP contribution in [-0.2, 0) is 7.05 Å². The van der Waals surface area contributed by atoms with Crippen LogP contribution in [0.5, 0.6) is 0 Å². The lowest BCUT2D eigenvalue weighted by Gasteiger charge is -1.93. The molecule has 0 aliphatic carbocycles. The van der Waals surface area contributed by atoms with Crippen LogP contribution in [0.1, 0.15) is 5.69 Å². The van der Waals surface area contributed by atoms with Crippen molar-refractivity contribution in [2.75, 3.05) is 5.73 Å². The first-order valence-electron chi connectivity index (χ1n) is 5.31. The van der Waals surface area contributed by atoms with Crippen molar-refractivity contribution in [1.82, 2.24) is 14.8 Å². The smallest absolute Gasteiger partial charge is 0.245 e. The Labute approximate surface area is 97.9 Å². The number of aryl methyl sites for hydroxylation is 2. The zero-order valence-electron chi connectivity index (χ0n) is 9.64. The Balaban J connectivity index is 2.25. The second-order valence-corrected chi connectivity index (χ2v) is 4.01. The van der Waals surface area contributed by atoms with Crippen molar-refractivity contribution in [2.45, 2.75) is 6.92 Å². The summed E-state index contributed by atoms with van der Waals surface area (Å²) in [7, 11) is 1.86. The van der Waals surface area contributed by atoms with Crippen LogP contribution < -0.4 is 5.73 Å². The lowest BCUT2D eigenvalue weighted by Crippen LogP contribution is -1.93. The molecule has 0 saturated heterocycles. The van der Waals surface area contributed by atoms with Gasteiger partial charge in [-0.3, -0.25) is 4.68 Å². The molecule has 3 aromatic rings. The van der Waals surface area contributed by atoms with Crippen molar-refractivity contribution in [3.63, 3.8) is 0 Å². The molecular weight excluding hydrogens is 216 g/mol. The number of anilines is 1. The minimum Gasteiger partial charge on any atom is -0.435 e. The number of nitrogen functional groups attached to an aromatic ring is 1. The van der Waals surface area contributed by atoms with Crippen molar-refractivity contribution in [3.8, 4) is 11.6 Å². The lowest BCUT2D eigenvalue weighted by molar-refractivity contribution is 0.606. The first-order chi connectivity index (χ1) is 8.15. The maximum Gasteiger partial charge on any atom is 0.245 e. The van der Waals surface area contributed by atoms with E-state index in [0.29, 0.717) is 22.7 Å². The van der Waals surface area contributed by atoms with Gasteiger partial charge in [0.05, 0.1) is 11.4 Å². The number of oxazole rings is 1.